The Morgan fingerprint density at radius 2 is 0.607 bits per heavy atom. The molecule has 4 aromatic rings. The van der Waals surface area contributed by atoms with Gasteiger partial charge in [0.15, 0.2) is 0 Å². The Hall–Kier alpha value is -0.664. The minimum Gasteiger partial charge on any atom is -1.00 e. The molecule has 0 amide bonds. The monoisotopic (exact) mass is 425 g/mol. The molecule has 4 heteroatoms. The molecular weight excluding hydrogens is 403 g/mol. The van der Waals surface area contributed by atoms with Gasteiger partial charge in [-0.15, -0.1) is 0 Å². The van der Waals surface area contributed by atoms with E-state index < -0.39 is 16.1 Å². The maximum Gasteiger partial charge on any atom is 1.00 e. The second-order valence-electron chi connectivity index (χ2n) is 6.11. The van der Waals surface area contributed by atoms with Gasteiger partial charge in [-0.3, -0.25) is 4.86 Å². The Kier molecular flexibility index (Phi) is 9.05. The molecule has 28 heavy (non-hydrogen) atoms. The number of benzene rings is 4. The largest absolute Gasteiger partial charge is 1.00 e. The van der Waals surface area contributed by atoms with Crippen LogP contribution in [0.1, 0.15) is 1.43 Å². The molecule has 0 spiro atoms. The van der Waals surface area contributed by atoms with E-state index in [0.29, 0.717) is 0 Å². The predicted molar refractivity (Wildman–Crippen MR) is 122 cm³/mol. The van der Waals surface area contributed by atoms with Crippen molar-refractivity contribution in [1.82, 2.24) is 4.86 Å². The SMILES string of the molecule is [H-].[K+].c1ccc(P(NP(c2ccccc2)c2ccccc2)c2ccccc2)cc1. The molecule has 134 valence electrons. The van der Waals surface area contributed by atoms with Crippen LogP contribution in [0.15, 0.2) is 121 Å². The summed E-state index contributed by atoms with van der Waals surface area (Å²) in [5.41, 5.74) is 0. The Balaban J connectivity index is 0.00000150. The van der Waals surface area contributed by atoms with Crippen molar-refractivity contribution in [3.8, 4) is 0 Å². The van der Waals surface area contributed by atoms with Crippen LogP contribution in [-0.4, -0.2) is 0 Å². The van der Waals surface area contributed by atoms with E-state index in [1.54, 1.807) is 0 Å². The topological polar surface area (TPSA) is 12.0 Å². The first-order chi connectivity index (χ1) is 13.4. The van der Waals surface area contributed by atoms with Crippen LogP contribution in [0.3, 0.4) is 0 Å². The minimum absolute atomic E-state index is 0. The van der Waals surface area contributed by atoms with Crippen molar-refractivity contribution in [2.75, 3.05) is 0 Å². The Morgan fingerprint density at radius 1 is 0.393 bits per heavy atom. The van der Waals surface area contributed by atoms with Crippen LogP contribution in [0.2, 0.25) is 0 Å². The molecule has 0 bridgehead atoms. The third-order valence-electron chi connectivity index (χ3n) is 4.26. The van der Waals surface area contributed by atoms with E-state index in [-0.39, 0.29) is 52.8 Å². The normalized spacial score (nSPS) is 10.6. The number of rotatable bonds is 6. The van der Waals surface area contributed by atoms with Gasteiger partial charge < -0.3 is 1.43 Å². The molecule has 0 aliphatic carbocycles. The van der Waals surface area contributed by atoms with Gasteiger partial charge in [-0.05, 0) is 21.2 Å². The molecule has 4 rings (SSSR count). The minimum atomic E-state index is -0.659. The molecule has 0 aromatic heterocycles. The summed E-state index contributed by atoms with van der Waals surface area (Å²) in [7, 11) is -1.32. The fraction of sp³-hybridized carbons (Fsp3) is 0. The predicted octanol–water partition coefficient (Wildman–Crippen LogP) is 1.79. The summed E-state index contributed by atoms with van der Waals surface area (Å²) in [6.45, 7) is 0. The summed E-state index contributed by atoms with van der Waals surface area (Å²) >= 11 is 0. The molecule has 0 saturated heterocycles. The molecular formula is C24H22KNP2. The van der Waals surface area contributed by atoms with Crippen molar-refractivity contribution in [3.05, 3.63) is 121 Å². The van der Waals surface area contributed by atoms with E-state index >= 15 is 0 Å². The zero-order valence-corrected chi connectivity index (χ0v) is 20.9. The molecule has 0 unspecified atom stereocenters. The first-order valence-corrected chi connectivity index (χ1v) is 11.7. The molecule has 1 nitrogen and oxygen atoms in total. The molecule has 0 radical (unpaired) electrons. The van der Waals surface area contributed by atoms with Crippen LogP contribution < -0.4 is 77.5 Å². The Labute approximate surface area is 214 Å². The fourth-order valence-electron chi connectivity index (χ4n) is 2.94. The van der Waals surface area contributed by atoms with Crippen molar-refractivity contribution in [2.24, 2.45) is 0 Å². The second-order valence-corrected chi connectivity index (χ2v) is 10.3. The Bertz CT molecular complexity index is 797. The maximum absolute atomic E-state index is 4.05. The van der Waals surface area contributed by atoms with Gasteiger partial charge in [0.05, 0.1) is 0 Å². The second kappa shape index (κ2) is 11.5. The molecule has 4 aromatic carbocycles. The summed E-state index contributed by atoms with van der Waals surface area (Å²) in [5, 5.41) is 5.38. The molecule has 0 atom stereocenters. The summed E-state index contributed by atoms with van der Waals surface area (Å²) in [6.07, 6.45) is 0. The van der Waals surface area contributed by atoms with Crippen molar-refractivity contribution < 1.29 is 52.8 Å². The van der Waals surface area contributed by atoms with E-state index in [1.807, 2.05) is 0 Å². The third-order valence-corrected chi connectivity index (χ3v) is 9.12. The van der Waals surface area contributed by atoms with Gasteiger partial charge in [-0.2, -0.15) is 0 Å². The van der Waals surface area contributed by atoms with E-state index in [0.717, 1.165) is 0 Å². The fourth-order valence-corrected chi connectivity index (χ4v) is 8.06. The maximum atomic E-state index is 4.05. The van der Waals surface area contributed by atoms with Crippen molar-refractivity contribution in [2.45, 2.75) is 0 Å². The van der Waals surface area contributed by atoms with Crippen molar-refractivity contribution >= 4 is 37.4 Å². The van der Waals surface area contributed by atoms with Crippen molar-refractivity contribution in [3.63, 3.8) is 0 Å². The van der Waals surface area contributed by atoms with Crippen molar-refractivity contribution in [1.29, 1.82) is 0 Å². The van der Waals surface area contributed by atoms with E-state index in [9.17, 15) is 0 Å². The van der Waals surface area contributed by atoms with E-state index in [2.05, 4.69) is 126 Å². The van der Waals surface area contributed by atoms with Gasteiger partial charge in [0.2, 0.25) is 0 Å². The van der Waals surface area contributed by atoms with Gasteiger partial charge in [-0.25, -0.2) is 0 Å². The quantitative estimate of drug-likeness (QED) is 0.367. The van der Waals surface area contributed by atoms with Gasteiger partial charge in [-0.1, -0.05) is 121 Å². The third kappa shape index (κ3) is 5.69. The number of nitrogens with one attached hydrogen (secondary N) is 1. The van der Waals surface area contributed by atoms with Gasteiger partial charge in [0.25, 0.3) is 0 Å². The summed E-state index contributed by atoms with van der Waals surface area (Å²) in [6, 6.07) is 43.2. The van der Waals surface area contributed by atoms with E-state index in [1.165, 1.54) is 21.2 Å². The van der Waals surface area contributed by atoms with Gasteiger partial charge in [0.1, 0.15) is 0 Å². The van der Waals surface area contributed by atoms with Crippen LogP contribution in [-0.2, 0) is 0 Å². The molecule has 0 aliphatic heterocycles. The number of hydrogen-bond acceptors (Lipinski definition) is 1. The standard InChI is InChI=1S/C24H21NP2.K.H/c1-5-13-21(14-6-1)26(22-15-7-2-8-16-22)25-27(23-17-9-3-10-18-23)24-19-11-4-12-20-24;;/h1-20,25H;;/q;+1;-1. The van der Waals surface area contributed by atoms with Crippen LogP contribution in [0.5, 0.6) is 0 Å². The summed E-state index contributed by atoms with van der Waals surface area (Å²) < 4.78 is 0. The molecule has 0 heterocycles. The summed E-state index contributed by atoms with van der Waals surface area (Å²) in [5.74, 6) is 0. The van der Waals surface area contributed by atoms with Gasteiger partial charge in [0, 0.05) is 16.1 Å². The zero-order valence-electron chi connectivity index (χ0n) is 16.9. The first kappa shape index (κ1) is 22.0. The van der Waals surface area contributed by atoms with Crippen LogP contribution >= 0.6 is 16.1 Å². The van der Waals surface area contributed by atoms with Gasteiger partial charge >= 0.3 is 51.4 Å². The molecule has 0 saturated carbocycles. The van der Waals surface area contributed by atoms with Crippen LogP contribution in [0.25, 0.3) is 0 Å². The molecule has 1 N–H and O–H groups in total. The Morgan fingerprint density at radius 3 is 0.821 bits per heavy atom. The number of hydrogen-bond donors (Lipinski definition) is 1. The average molecular weight is 425 g/mol. The van der Waals surface area contributed by atoms with Crippen LogP contribution in [0, 0.1) is 0 Å². The smallest absolute Gasteiger partial charge is 1.00 e. The first-order valence-electron chi connectivity index (χ1n) is 8.98. The molecule has 0 aliphatic rings. The zero-order chi connectivity index (χ0) is 18.3. The summed E-state index contributed by atoms with van der Waals surface area (Å²) in [4.78, 5) is 4.05. The average Bonchev–Trinajstić information content (AvgIpc) is 2.77. The molecule has 0 fully saturated rings. The van der Waals surface area contributed by atoms with E-state index in [4.69, 9.17) is 0 Å². The van der Waals surface area contributed by atoms with Crippen LogP contribution in [0.4, 0.5) is 0 Å².